The van der Waals surface area contributed by atoms with Gasteiger partial charge in [-0.05, 0) is 78.4 Å². The summed E-state index contributed by atoms with van der Waals surface area (Å²) in [5.41, 5.74) is 5.07. The molecule has 5 heteroatoms. The summed E-state index contributed by atoms with van der Waals surface area (Å²) in [6.45, 7) is 0. The molecule has 4 aromatic rings. The molecule has 0 bridgehead atoms. The molecule has 0 heterocycles. The highest BCUT2D eigenvalue weighted by Gasteiger charge is 2.14. The van der Waals surface area contributed by atoms with Crippen LogP contribution in [0.1, 0.15) is 0 Å². The van der Waals surface area contributed by atoms with Crippen LogP contribution in [0.3, 0.4) is 0 Å². The molecular weight excluding hydrogens is 429 g/mol. The van der Waals surface area contributed by atoms with Crippen molar-refractivity contribution < 1.29 is 9.47 Å². The summed E-state index contributed by atoms with van der Waals surface area (Å²) in [6, 6.07) is 29.7. The molecule has 0 aliphatic heterocycles. The van der Waals surface area contributed by atoms with E-state index < -0.39 is 0 Å². The molecule has 0 fully saturated rings. The van der Waals surface area contributed by atoms with Crippen LogP contribution in [0.4, 0.5) is 17.1 Å². The van der Waals surface area contributed by atoms with Gasteiger partial charge in [-0.2, -0.15) is 0 Å². The van der Waals surface area contributed by atoms with E-state index >= 15 is 0 Å². The average molecular weight is 450 g/mol. The molecule has 156 valence electrons. The molecule has 31 heavy (non-hydrogen) atoms. The van der Waals surface area contributed by atoms with E-state index in [2.05, 4.69) is 29.2 Å². The monoisotopic (exact) mass is 449 g/mol. The van der Waals surface area contributed by atoms with Gasteiger partial charge in [0.05, 0.1) is 14.2 Å². The molecule has 0 atom stereocenters. The summed E-state index contributed by atoms with van der Waals surface area (Å²) in [5.74, 6) is 1.52. The lowest BCUT2D eigenvalue weighted by Gasteiger charge is -2.26. The summed E-state index contributed by atoms with van der Waals surface area (Å²) in [4.78, 5) is 2.15. The van der Waals surface area contributed by atoms with Crippen LogP contribution in [0.15, 0.2) is 91.0 Å². The van der Waals surface area contributed by atoms with Crippen molar-refractivity contribution in [2.24, 2.45) is 0 Å². The summed E-state index contributed by atoms with van der Waals surface area (Å²) in [5, 5.41) is 1.39. The maximum absolute atomic E-state index is 6.11. The van der Waals surface area contributed by atoms with Gasteiger partial charge in [0, 0.05) is 38.7 Å². The Balaban J connectivity index is 1.75. The highest BCUT2D eigenvalue weighted by atomic mass is 35.5. The first-order valence-electron chi connectivity index (χ1n) is 9.73. The zero-order chi connectivity index (χ0) is 21.8. The minimum absolute atomic E-state index is 0.696. The Morgan fingerprint density at radius 2 is 1.06 bits per heavy atom. The third-order valence-corrected chi connectivity index (χ3v) is 5.52. The first-order chi connectivity index (χ1) is 15.1. The summed E-state index contributed by atoms with van der Waals surface area (Å²) in [6.07, 6.45) is 0. The minimum Gasteiger partial charge on any atom is -0.497 e. The van der Waals surface area contributed by atoms with Gasteiger partial charge in [0.2, 0.25) is 0 Å². The molecule has 0 aromatic heterocycles. The second-order valence-electron chi connectivity index (χ2n) is 6.90. The largest absolute Gasteiger partial charge is 0.497 e. The van der Waals surface area contributed by atoms with Gasteiger partial charge in [-0.15, -0.1) is 0 Å². The molecule has 0 aliphatic rings. The number of anilines is 3. The molecule has 0 aliphatic carbocycles. The molecule has 0 saturated carbocycles. The van der Waals surface area contributed by atoms with Crippen LogP contribution in [-0.2, 0) is 0 Å². The average Bonchev–Trinajstić information content (AvgIpc) is 2.82. The maximum atomic E-state index is 6.11. The molecule has 0 unspecified atom stereocenters. The van der Waals surface area contributed by atoms with E-state index in [1.54, 1.807) is 14.2 Å². The second-order valence-corrected chi connectivity index (χ2v) is 7.77. The normalized spacial score (nSPS) is 10.6. The Morgan fingerprint density at radius 3 is 1.52 bits per heavy atom. The molecule has 4 rings (SSSR count). The lowest BCUT2D eigenvalue weighted by molar-refractivity contribution is 0.395. The van der Waals surface area contributed by atoms with Crippen molar-refractivity contribution in [3.8, 4) is 22.6 Å². The van der Waals surface area contributed by atoms with E-state index in [1.165, 1.54) is 0 Å². The predicted molar refractivity (Wildman–Crippen MR) is 130 cm³/mol. The Labute approximate surface area is 192 Å². The third kappa shape index (κ3) is 4.63. The summed E-state index contributed by atoms with van der Waals surface area (Å²) >= 11 is 12.2. The van der Waals surface area contributed by atoms with E-state index in [9.17, 15) is 0 Å². The van der Waals surface area contributed by atoms with Gasteiger partial charge in [-0.25, -0.2) is 0 Å². The maximum Gasteiger partial charge on any atom is 0.130 e. The number of rotatable bonds is 6. The second kappa shape index (κ2) is 9.34. The first kappa shape index (κ1) is 21.1. The van der Waals surface area contributed by atoms with Crippen LogP contribution < -0.4 is 14.4 Å². The first-order valence-corrected chi connectivity index (χ1v) is 10.5. The number of ether oxygens (including phenoxy) is 2. The quantitative estimate of drug-likeness (QED) is 0.296. The van der Waals surface area contributed by atoms with Crippen LogP contribution >= 0.6 is 23.2 Å². The van der Waals surface area contributed by atoms with Crippen LogP contribution in [0, 0.1) is 0 Å². The molecule has 0 N–H and O–H groups in total. The van der Waals surface area contributed by atoms with E-state index in [-0.39, 0.29) is 0 Å². The van der Waals surface area contributed by atoms with Crippen molar-refractivity contribution in [1.29, 1.82) is 0 Å². The topological polar surface area (TPSA) is 21.7 Å². The fraction of sp³-hybridized carbons (Fsp3) is 0.0769. The fourth-order valence-electron chi connectivity index (χ4n) is 3.45. The number of methoxy groups -OCH3 is 2. The minimum atomic E-state index is 0.696. The number of benzene rings is 4. The van der Waals surface area contributed by atoms with Crippen molar-refractivity contribution in [3.05, 3.63) is 101 Å². The summed E-state index contributed by atoms with van der Waals surface area (Å²) < 4.78 is 10.9. The van der Waals surface area contributed by atoms with Crippen molar-refractivity contribution >= 4 is 40.3 Å². The van der Waals surface area contributed by atoms with Crippen molar-refractivity contribution in [2.75, 3.05) is 19.1 Å². The molecule has 0 spiro atoms. The van der Waals surface area contributed by atoms with Gasteiger partial charge in [-0.1, -0.05) is 35.3 Å². The molecular formula is C26H21Cl2NO2. The van der Waals surface area contributed by atoms with Crippen LogP contribution in [-0.4, -0.2) is 14.2 Å². The fourth-order valence-corrected chi connectivity index (χ4v) is 3.71. The molecule has 4 aromatic carbocycles. The van der Waals surface area contributed by atoms with Gasteiger partial charge in [0.15, 0.2) is 0 Å². The van der Waals surface area contributed by atoms with E-state index in [0.717, 1.165) is 39.7 Å². The van der Waals surface area contributed by atoms with Crippen LogP contribution in [0.25, 0.3) is 11.1 Å². The summed E-state index contributed by atoms with van der Waals surface area (Å²) in [7, 11) is 3.31. The number of hydrogen-bond acceptors (Lipinski definition) is 3. The third-order valence-electron chi connectivity index (χ3n) is 5.01. The lowest BCUT2D eigenvalue weighted by Crippen LogP contribution is -2.09. The molecule has 0 saturated heterocycles. The smallest absolute Gasteiger partial charge is 0.130 e. The Bertz CT molecular complexity index is 1110. The Morgan fingerprint density at radius 1 is 0.581 bits per heavy atom. The van der Waals surface area contributed by atoms with Gasteiger partial charge >= 0.3 is 0 Å². The highest BCUT2D eigenvalue weighted by Crippen LogP contribution is 2.38. The van der Waals surface area contributed by atoms with E-state index in [0.29, 0.717) is 10.0 Å². The van der Waals surface area contributed by atoms with Gasteiger partial charge < -0.3 is 14.4 Å². The molecule has 0 radical (unpaired) electrons. The number of hydrogen-bond donors (Lipinski definition) is 0. The zero-order valence-electron chi connectivity index (χ0n) is 17.2. The van der Waals surface area contributed by atoms with Gasteiger partial charge in [0.1, 0.15) is 11.5 Å². The SMILES string of the molecule is COc1ccc(-c2ccc(N(c3ccc(Cl)cc3)c3ccc(Cl)cc3)cc2)c(OC)c1. The van der Waals surface area contributed by atoms with Gasteiger partial charge in [0.25, 0.3) is 0 Å². The Kier molecular flexibility index (Phi) is 6.36. The van der Waals surface area contributed by atoms with Crippen molar-refractivity contribution in [2.45, 2.75) is 0 Å². The van der Waals surface area contributed by atoms with Gasteiger partial charge in [-0.3, -0.25) is 0 Å². The predicted octanol–water partition coefficient (Wildman–Crippen LogP) is 8.15. The van der Waals surface area contributed by atoms with Crippen LogP contribution in [0.2, 0.25) is 10.0 Å². The lowest BCUT2D eigenvalue weighted by atomic mass is 10.0. The van der Waals surface area contributed by atoms with Crippen LogP contribution in [0.5, 0.6) is 11.5 Å². The van der Waals surface area contributed by atoms with E-state index in [4.69, 9.17) is 32.7 Å². The van der Waals surface area contributed by atoms with Crippen molar-refractivity contribution in [3.63, 3.8) is 0 Å². The molecule has 0 amide bonds. The number of halogens is 2. The zero-order valence-corrected chi connectivity index (χ0v) is 18.7. The molecule has 3 nitrogen and oxygen atoms in total. The standard InChI is InChI=1S/C26H21Cl2NO2/c1-30-24-15-16-25(26(17-24)31-2)18-3-9-21(10-4-18)29(22-11-5-19(27)6-12-22)23-13-7-20(28)8-14-23/h3-17H,1-2H3. The van der Waals surface area contributed by atoms with Crippen molar-refractivity contribution in [1.82, 2.24) is 0 Å². The highest BCUT2D eigenvalue weighted by molar-refractivity contribution is 6.31. The Hall–Kier alpha value is -3.14. The number of nitrogens with zero attached hydrogens (tertiary/aromatic N) is 1. The van der Waals surface area contributed by atoms with E-state index in [1.807, 2.05) is 66.7 Å².